The van der Waals surface area contributed by atoms with Gasteiger partial charge in [-0.25, -0.2) is 17.8 Å². The molecule has 0 fully saturated rings. The third kappa shape index (κ3) is 4.09. The minimum atomic E-state index is -3.85. The van der Waals surface area contributed by atoms with Crippen molar-refractivity contribution in [2.45, 2.75) is 31.1 Å². The number of unbranched alkanes of at least 4 members (excludes halogenated alkanes) is 1. The zero-order valence-corrected chi connectivity index (χ0v) is 18.6. The Hall–Kier alpha value is -3.65. The molecule has 164 valence electrons. The van der Waals surface area contributed by atoms with Crippen molar-refractivity contribution in [3.8, 4) is 0 Å². The summed E-state index contributed by atoms with van der Waals surface area (Å²) >= 11 is 0. The van der Waals surface area contributed by atoms with Crippen molar-refractivity contribution in [3.63, 3.8) is 0 Å². The van der Waals surface area contributed by atoms with Crippen LogP contribution in [0.1, 0.15) is 31.7 Å². The van der Waals surface area contributed by atoms with Crippen LogP contribution in [0.4, 0.5) is 0 Å². The van der Waals surface area contributed by atoms with Crippen LogP contribution in [0.3, 0.4) is 0 Å². The predicted octanol–water partition coefficient (Wildman–Crippen LogP) is 4.41. The summed E-state index contributed by atoms with van der Waals surface area (Å²) < 4.78 is 28.6. The summed E-state index contributed by atoms with van der Waals surface area (Å²) in [4.78, 5) is 0.220. The van der Waals surface area contributed by atoms with Gasteiger partial charge in [-0.3, -0.25) is 5.41 Å². The van der Waals surface area contributed by atoms with Crippen LogP contribution in [0.5, 0.6) is 0 Å². The molecule has 0 saturated heterocycles. The van der Waals surface area contributed by atoms with Gasteiger partial charge in [0.1, 0.15) is 0 Å². The molecule has 0 bridgehead atoms. The van der Waals surface area contributed by atoms with E-state index in [1.54, 1.807) is 24.4 Å². The first-order valence-corrected chi connectivity index (χ1v) is 11.9. The fraction of sp³-hybridized carbons (Fsp3) is 0.167. The Kier molecular flexibility index (Phi) is 5.96. The van der Waals surface area contributed by atoms with Crippen LogP contribution < -0.4 is 11.2 Å². The molecule has 32 heavy (non-hydrogen) atoms. The zero-order chi connectivity index (χ0) is 22.7. The average Bonchev–Trinajstić information content (AvgIpc) is 3.19. The second kappa shape index (κ2) is 8.84. The first-order valence-electron chi connectivity index (χ1n) is 10.4. The third-order valence-electron chi connectivity index (χ3n) is 5.35. The second-order valence-corrected chi connectivity index (χ2v) is 9.37. The van der Waals surface area contributed by atoms with Crippen LogP contribution >= 0.6 is 0 Å². The third-order valence-corrected chi connectivity index (χ3v) is 7.01. The topological polar surface area (TPSA) is 113 Å². The second-order valence-electron chi connectivity index (χ2n) is 7.56. The molecule has 0 amide bonds. The number of aromatic nitrogens is 1. The number of benzene rings is 3. The monoisotopic (exact) mass is 447 g/mol. The number of fused-ring (bicyclic) bond motifs is 2. The van der Waals surface area contributed by atoms with Crippen LogP contribution in [0.15, 0.2) is 82.9 Å². The summed E-state index contributed by atoms with van der Waals surface area (Å²) in [6.45, 7) is 2.07. The van der Waals surface area contributed by atoms with E-state index < -0.39 is 10.0 Å². The SMILES string of the molecule is CCCCC(=NNC(=N)N)c1cn(S(=O)(=O)c2ccc3ccccc3c2)c2ccccc12. The molecular weight excluding hydrogens is 422 g/mol. The van der Waals surface area contributed by atoms with Crippen molar-refractivity contribution in [2.75, 3.05) is 0 Å². The summed E-state index contributed by atoms with van der Waals surface area (Å²) in [5.41, 5.74) is 9.86. The van der Waals surface area contributed by atoms with Crippen LogP contribution in [-0.4, -0.2) is 24.1 Å². The van der Waals surface area contributed by atoms with Crippen molar-refractivity contribution in [2.24, 2.45) is 10.8 Å². The Morgan fingerprint density at radius 1 is 1.06 bits per heavy atom. The number of nitrogens with zero attached hydrogens (tertiary/aromatic N) is 2. The lowest BCUT2D eigenvalue weighted by Crippen LogP contribution is -2.27. The van der Waals surface area contributed by atoms with Gasteiger partial charge in [0.2, 0.25) is 5.96 Å². The van der Waals surface area contributed by atoms with Crippen LogP contribution in [-0.2, 0) is 10.0 Å². The zero-order valence-electron chi connectivity index (χ0n) is 17.7. The minimum absolute atomic E-state index is 0.220. The van der Waals surface area contributed by atoms with Crippen LogP contribution in [0, 0.1) is 5.41 Å². The molecular formula is C24H25N5O2S. The summed E-state index contributed by atoms with van der Waals surface area (Å²) in [6.07, 6.45) is 4.06. The van der Waals surface area contributed by atoms with E-state index in [0.717, 1.165) is 29.0 Å². The van der Waals surface area contributed by atoms with Crippen LogP contribution in [0.25, 0.3) is 21.7 Å². The highest BCUT2D eigenvalue weighted by atomic mass is 32.2. The van der Waals surface area contributed by atoms with Gasteiger partial charge < -0.3 is 5.73 Å². The van der Waals surface area contributed by atoms with Crippen molar-refractivity contribution >= 4 is 43.4 Å². The molecule has 0 unspecified atom stereocenters. The summed E-state index contributed by atoms with van der Waals surface area (Å²) in [7, 11) is -3.85. The number of nitrogens with one attached hydrogen (secondary N) is 2. The van der Waals surface area contributed by atoms with E-state index in [4.69, 9.17) is 11.1 Å². The van der Waals surface area contributed by atoms with Gasteiger partial charge in [0.25, 0.3) is 10.0 Å². The number of nitrogens with two attached hydrogens (primary N) is 1. The van der Waals surface area contributed by atoms with E-state index in [1.165, 1.54) is 3.97 Å². The van der Waals surface area contributed by atoms with E-state index in [9.17, 15) is 8.42 Å². The van der Waals surface area contributed by atoms with Gasteiger partial charge in [-0.15, -0.1) is 0 Å². The first-order chi connectivity index (χ1) is 15.4. The van der Waals surface area contributed by atoms with Gasteiger partial charge in [-0.05, 0) is 41.8 Å². The fourth-order valence-electron chi connectivity index (χ4n) is 3.74. The molecule has 0 aliphatic heterocycles. The molecule has 1 heterocycles. The maximum atomic E-state index is 13.7. The molecule has 4 aromatic rings. The molecule has 4 rings (SSSR count). The Morgan fingerprint density at radius 3 is 2.53 bits per heavy atom. The van der Waals surface area contributed by atoms with Gasteiger partial charge in [0.05, 0.1) is 16.1 Å². The number of guanidine groups is 1. The molecule has 4 N–H and O–H groups in total. The number of para-hydroxylation sites is 1. The molecule has 7 nitrogen and oxygen atoms in total. The summed E-state index contributed by atoms with van der Waals surface area (Å²) in [6, 6.07) is 20.2. The number of hydrogen-bond donors (Lipinski definition) is 3. The Balaban J connectivity index is 1.89. The summed E-state index contributed by atoms with van der Waals surface area (Å²) in [5.74, 6) is -0.272. The normalized spacial score (nSPS) is 12.3. The standard InChI is InChI=1S/C24H25N5O2S/c1-2-3-11-22(27-28-24(25)26)21-16-29(23-12-7-6-10-20(21)23)32(30,31)19-14-13-17-8-4-5-9-18(17)15-19/h4-10,12-16H,2-3,11H2,1H3,(H4,25,26,28). The number of rotatable bonds is 7. The Bertz CT molecular complexity index is 1440. The Morgan fingerprint density at radius 2 is 1.78 bits per heavy atom. The molecule has 0 atom stereocenters. The molecule has 0 saturated carbocycles. The highest BCUT2D eigenvalue weighted by Crippen LogP contribution is 2.29. The average molecular weight is 448 g/mol. The van der Waals surface area contributed by atoms with Crippen LogP contribution in [0.2, 0.25) is 0 Å². The molecule has 0 radical (unpaired) electrons. The van der Waals surface area contributed by atoms with Gasteiger partial charge in [-0.2, -0.15) is 5.10 Å². The van der Waals surface area contributed by atoms with E-state index in [1.807, 2.05) is 48.5 Å². The molecule has 0 aliphatic rings. The van der Waals surface area contributed by atoms with Crippen molar-refractivity contribution < 1.29 is 8.42 Å². The molecule has 3 aromatic carbocycles. The summed E-state index contributed by atoms with van der Waals surface area (Å²) in [5, 5.41) is 14.3. The first kappa shape index (κ1) is 21.6. The van der Waals surface area contributed by atoms with E-state index in [0.29, 0.717) is 23.2 Å². The minimum Gasteiger partial charge on any atom is -0.369 e. The smallest absolute Gasteiger partial charge is 0.268 e. The van der Waals surface area contributed by atoms with Crippen molar-refractivity contribution in [3.05, 3.63) is 78.5 Å². The highest BCUT2D eigenvalue weighted by molar-refractivity contribution is 7.90. The number of hydrogen-bond acceptors (Lipinski definition) is 4. The highest BCUT2D eigenvalue weighted by Gasteiger charge is 2.23. The lowest BCUT2D eigenvalue weighted by Gasteiger charge is -2.09. The number of hydrazone groups is 1. The fourth-order valence-corrected chi connectivity index (χ4v) is 5.15. The van der Waals surface area contributed by atoms with Gasteiger partial charge >= 0.3 is 0 Å². The molecule has 0 aliphatic carbocycles. The quantitative estimate of drug-likeness (QED) is 0.221. The van der Waals surface area contributed by atoms with Gasteiger partial charge in [-0.1, -0.05) is 61.9 Å². The predicted molar refractivity (Wildman–Crippen MR) is 130 cm³/mol. The lowest BCUT2D eigenvalue weighted by molar-refractivity contribution is 0.589. The molecule has 8 heteroatoms. The maximum Gasteiger partial charge on any atom is 0.268 e. The van der Waals surface area contributed by atoms with Gasteiger partial charge in [0.15, 0.2) is 0 Å². The van der Waals surface area contributed by atoms with Crippen molar-refractivity contribution in [1.82, 2.24) is 9.40 Å². The van der Waals surface area contributed by atoms with E-state index >= 15 is 0 Å². The molecule has 1 aromatic heterocycles. The van der Waals surface area contributed by atoms with Gasteiger partial charge in [0, 0.05) is 17.1 Å². The largest absolute Gasteiger partial charge is 0.369 e. The Labute approximate surface area is 187 Å². The maximum absolute atomic E-state index is 13.7. The van der Waals surface area contributed by atoms with E-state index in [2.05, 4.69) is 17.5 Å². The lowest BCUT2D eigenvalue weighted by atomic mass is 10.0. The van der Waals surface area contributed by atoms with Crippen molar-refractivity contribution in [1.29, 1.82) is 5.41 Å². The van der Waals surface area contributed by atoms with E-state index in [-0.39, 0.29) is 10.9 Å². The molecule has 0 spiro atoms.